The molecule has 0 bridgehead atoms. The molecule has 1 aromatic heterocycles. The van der Waals surface area contributed by atoms with Gasteiger partial charge in [0.25, 0.3) is 0 Å². The van der Waals surface area contributed by atoms with Gasteiger partial charge in [0, 0.05) is 25.3 Å². The lowest BCUT2D eigenvalue weighted by Gasteiger charge is -2.28. The minimum absolute atomic E-state index is 0.0464. The number of benzene rings is 2. The number of nitrogens with zero attached hydrogens (tertiary/aromatic N) is 1. The highest BCUT2D eigenvalue weighted by Gasteiger charge is 2.36. The van der Waals surface area contributed by atoms with Crippen LogP contribution in [0.2, 0.25) is 0 Å². The van der Waals surface area contributed by atoms with Gasteiger partial charge in [-0.3, -0.25) is 0 Å². The molecular formula is C21H21F2NO. The fourth-order valence-corrected chi connectivity index (χ4v) is 3.82. The predicted octanol–water partition coefficient (Wildman–Crippen LogP) is 6.02. The summed E-state index contributed by atoms with van der Waals surface area (Å²) in [5, 5.41) is 0. The van der Waals surface area contributed by atoms with Gasteiger partial charge in [-0.2, -0.15) is 0 Å². The first kappa shape index (κ1) is 16.2. The van der Waals surface area contributed by atoms with Crippen molar-refractivity contribution in [2.45, 2.75) is 50.9 Å². The summed E-state index contributed by atoms with van der Waals surface area (Å²) < 4.78 is 32.9. The van der Waals surface area contributed by atoms with E-state index in [9.17, 15) is 8.78 Å². The van der Waals surface area contributed by atoms with Gasteiger partial charge in [-0.05, 0) is 42.4 Å². The van der Waals surface area contributed by atoms with Crippen molar-refractivity contribution < 1.29 is 13.2 Å². The van der Waals surface area contributed by atoms with Crippen LogP contribution < -0.4 is 0 Å². The van der Waals surface area contributed by atoms with Crippen LogP contribution in [-0.2, 0) is 6.42 Å². The fraction of sp³-hybridized carbons (Fsp3) is 0.381. The normalized spacial score (nSPS) is 17.9. The van der Waals surface area contributed by atoms with Gasteiger partial charge in [-0.1, -0.05) is 36.4 Å². The van der Waals surface area contributed by atoms with E-state index in [1.807, 2.05) is 25.1 Å². The number of rotatable bonds is 3. The van der Waals surface area contributed by atoms with Gasteiger partial charge < -0.3 is 4.42 Å². The van der Waals surface area contributed by atoms with Crippen molar-refractivity contribution in [2.75, 3.05) is 0 Å². The molecule has 4 heteroatoms. The number of aryl methyl sites for hydroxylation is 1. The van der Waals surface area contributed by atoms with E-state index in [4.69, 9.17) is 4.42 Å². The molecule has 0 amide bonds. The molecule has 1 aliphatic carbocycles. The number of fused-ring (bicyclic) bond motifs is 1. The molecule has 0 radical (unpaired) electrons. The molecule has 1 aliphatic rings. The van der Waals surface area contributed by atoms with Crippen molar-refractivity contribution in [3.8, 4) is 0 Å². The van der Waals surface area contributed by atoms with Crippen molar-refractivity contribution >= 4 is 11.1 Å². The van der Waals surface area contributed by atoms with Gasteiger partial charge in [0.2, 0.25) is 5.92 Å². The Morgan fingerprint density at radius 3 is 2.52 bits per heavy atom. The van der Waals surface area contributed by atoms with Gasteiger partial charge in [0.15, 0.2) is 11.5 Å². The van der Waals surface area contributed by atoms with Crippen molar-refractivity contribution in [3.63, 3.8) is 0 Å². The Morgan fingerprint density at radius 2 is 1.80 bits per heavy atom. The third kappa shape index (κ3) is 3.44. The van der Waals surface area contributed by atoms with E-state index in [-0.39, 0.29) is 18.8 Å². The van der Waals surface area contributed by atoms with Crippen LogP contribution in [0, 0.1) is 6.92 Å². The predicted molar refractivity (Wildman–Crippen MR) is 94.2 cm³/mol. The molecule has 0 unspecified atom stereocenters. The number of oxazole rings is 1. The average molecular weight is 341 g/mol. The third-order valence-electron chi connectivity index (χ3n) is 5.09. The summed E-state index contributed by atoms with van der Waals surface area (Å²) >= 11 is 0. The Labute approximate surface area is 145 Å². The second-order valence-electron chi connectivity index (χ2n) is 7.06. The van der Waals surface area contributed by atoms with Crippen LogP contribution in [0.3, 0.4) is 0 Å². The highest BCUT2D eigenvalue weighted by molar-refractivity contribution is 5.78. The van der Waals surface area contributed by atoms with E-state index in [0.29, 0.717) is 18.7 Å². The van der Waals surface area contributed by atoms with E-state index in [1.165, 1.54) is 5.56 Å². The zero-order valence-corrected chi connectivity index (χ0v) is 14.3. The quantitative estimate of drug-likeness (QED) is 0.582. The standard InChI is InChI=1S/C21H21F2NO/c1-14-24-19-13-16(11-15-5-3-2-4-6-15)12-18(20(19)25-14)17-7-9-21(22,23)10-8-17/h2-6,12-13,17H,7-11H2,1H3. The lowest BCUT2D eigenvalue weighted by atomic mass is 9.81. The monoisotopic (exact) mass is 341 g/mol. The van der Waals surface area contributed by atoms with E-state index in [0.717, 1.165) is 28.6 Å². The smallest absolute Gasteiger partial charge is 0.248 e. The molecule has 1 saturated carbocycles. The molecule has 4 rings (SSSR count). The summed E-state index contributed by atoms with van der Waals surface area (Å²) in [7, 11) is 0. The van der Waals surface area contributed by atoms with Gasteiger partial charge in [0.05, 0.1) is 0 Å². The molecule has 1 heterocycles. The van der Waals surface area contributed by atoms with E-state index < -0.39 is 5.92 Å². The number of alkyl halides is 2. The molecular weight excluding hydrogens is 320 g/mol. The molecule has 0 N–H and O–H groups in total. The molecule has 2 nitrogen and oxygen atoms in total. The van der Waals surface area contributed by atoms with Crippen LogP contribution in [0.1, 0.15) is 54.2 Å². The van der Waals surface area contributed by atoms with Crippen molar-refractivity contribution in [2.24, 2.45) is 0 Å². The van der Waals surface area contributed by atoms with Crippen molar-refractivity contribution in [1.29, 1.82) is 0 Å². The zero-order valence-electron chi connectivity index (χ0n) is 14.3. The molecule has 130 valence electrons. The van der Waals surface area contributed by atoms with Crippen LogP contribution in [0.15, 0.2) is 46.9 Å². The zero-order chi connectivity index (χ0) is 17.4. The van der Waals surface area contributed by atoms with Crippen LogP contribution in [0.4, 0.5) is 8.78 Å². The van der Waals surface area contributed by atoms with Gasteiger partial charge >= 0.3 is 0 Å². The first-order valence-corrected chi connectivity index (χ1v) is 8.82. The molecule has 1 fully saturated rings. The Hall–Kier alpha value is -2.23. The third-order valence-corrected chi connectivity index (χ3v) is 5.09. The number of aromatic nitrogens is 1. The molecule has 2 aromatic carbocycles. The van der Waals surface area contributed by atoms with Crippen molar-refractivity contribution in [1.82, 2.24) is 4.98 Å². The Morgan fingerprint density at radius 1 is 1.08 bits per heavy atom. The van der Waals surface area contributed by atoms with Crippen LogP contribution in [0.25, 0.3) is 11.1 Å². The Balaban J connectivity index is 1.71. The Kier molecular flexibility index (Phi) is 4.06. The molecule has 0 aliphatic heterocycles. The minimum atomic E-state index is -2.52. The topological polar surface area (TPSA) is 26.0 Å². The maximum atomic E-state index is 13.5. The average Bonchev–Trinajstić information content (AvgIpc) is 2.95. The summed E-state index contributed by atoms with van der Waals surface area (Å²) in [5.41, 5.74) is 5.02. The first-order valence-electron chi connectivity index (χ1n) is 8.82. The lowest BCUT2D eigenvalue weighted by Crippen LogP contribution is -2.23. The second-order valence-corrected chi connectivity index (χ2v) is 7.06. The lowest BCUT2D eigenvalue weighted by molar-refractivity contribution is -0.0381. The maximum absolute atomic E-state index is 13.5. The molecule has 3 aromatic rings. The van der Waals surface area contributed by atoms with E-state index >= 15 is 0 Å². The van der Waals surface area contributed by atoms with Gasteiger partial charge in [0.1, 0.15) is 5.52 Å². The van der Waals surface area contributed by atoms with Gasteiger partial charge in [-0.25, -0.2) is 13.8 Å². The SMILES string of the molecule is Cc1nc2cc(Cc3ccccc3)cc(C3CCC(F)(F)CC3)c2o1. The molecule has 0 saturated heterocycles. The molecule has 0 atom stereocenters. The van der Waals surface area contributed by atoms with E-state index in [1.54, 1.807) is 0 Å². The second kappa shape index (κ2) is 6.25. The number of hydrogen-bond acceptors (Lipinski definition) is 2. The largest absolute Gasteiger partial charge is 0.441 e. The summed E-state index contributed by atoms with van der Waals surface area (Å²) in [5.74, 6) is -1.78. The summed E-state index contributed by atoms with van der Waals surface area (Å²) in [6.07, 6.45) is 1.70. The minimum Gasteiger partial charge on any atom is -0.441 e. The summed E-state index contributed by atoms with van der Waals surface area (Å²) in [4.78, 5) is 4.48. The fourth-order valence-electron chi connectivity index (χ4n) is 3.82. The first-order chi connectivity index (χ1) is 12.0. The highest BCUT2D eigenvalue weighted by atomic mass is 19.3. The van der Waals surface area contributed by atoms with E-state index in [2.05, 4.69) is 29.2 Å². The van der Waals surface area contributed by atoms with Crippen LogP contribution in [-0.4, -0.2) is 10.9 Å². The number of halogens is 2. The van der Waals surface area contributed by atoms with Crippen LogP contribution >= 0.6 is 0 Å². The number of hydrogen-bond donors (Lipinski definition) is 0. The van der Waals surface area contributed by atoms with Crippen LogP contribution in [0.5, 0.6) is 0 Å². The van der Waals surface area contributed by atoms with Crippen molar-refractivity contribution in [3.05, 3.63) is 65.0 Å². The molecule has 25 heavy (non-hydrogen) atoms. The Bertz CT molecular complexity index is 876. The molecule has 0 spiro atoms. The highest BCUT2D eigenvalue weighted by Crippen LogP contribution is 2.43. The summed E-state index contributed by atoms with van der Waals surface area (Å²) in [6.45, 7) is 1.83. The maximum Gasteiger partial charge on any atom is 0.248 e. The van der Waals surface area contributed by atoms with Gasteiger partial charge in [-0.15, -0.1) is 0 Å². The summed E-state index contributed by atoms with van der Waals surface area (Å²) in [6, 6.07) is 14.4.